The third-order valence-electron chi connectivity index (χ3n) is 2.09. The van der Waals surface area contributed by atoms with Gasteiger partial charge in [-0.05, 0) is 27.6 Å². The molecule has 5 heteroatoms. The van der Waals surface area contributed by atoms with Crippen LogP contribution in [0.25, 0.3) is 0 Å². The van der Waals surface area contributed by atoms with Gasteiger partial charge < -0.3 is 0 Å². The molecule has 0 fully saturated rings. The van der Waals surface area contributed by atoms with Crippen molar-refractivity contribution < 1.29 is 9.18 Å². The molecule has 0 radical (unpaired) electrons. The van der Waals surface area contributed by atoms with E-state index in [-0.39, 0.29) is 18.0 Å². The van der Waals surface area contributed by atoms with Crippen LogP contribution in [0.1, 0.15) is 15.2 Å². The molecule has 0 bridgehead atoms. The van der Waals surface area contributed by atoms with Crippen molar-refractivity contribution >= 4 is 33.0 Å². The first-order chi connectivity index (χ1) is 7.68. The van der Waals surface area contributed by atoms with E-state index in [4.69, 9.17) is 0 Å². The number of rotatable bonds is 3. The van der Waals surface area contributed by atoms with Crippen LogP contribution >= 0.6 is 27.3 Å². The maximum atomic E-state index is 13.2. The molecule has 0 N–H and O–H groups in total. The zero-order valence-corrected chi connectivity index (χ0v) is 10.5. The van der Waals surface area contributed by atoms with Crippen molar-refractivity contribution in [3.8, 4) is 0 Å². The van der Waals surface area contributed by atoms with Gasteiger partial charge in [-0.25, -0.2) is 4.39 Å². The smallest absolute Gasteiger partial charge is 0.178 e. The zero-order chi connectivity index (χ0) is 11.5. The number of hydrogen-bond donors (Lipinski definition) is 0. The van der Waals surface area contributed by atoms with Gasteiger partial charge in [0.25, 0.3) is 0 Å². The van der Waals surface area contributed by atoms with Crippen molar-refractivity contribution in [2.45, 2.75) is 6.42 Å². The fourth-order valence-corrected chi connectivity index (χ4v) is 2.26. The number of thiazole rings is 1. The van der Waals surface area contributed by atoms with Crippen LogP contribution in [-0.4, -0.2) is 10.8 Å². The lowest BCUT2D eigenvalue weighted by molar-refractivity contribution is 0.0996. The number of aromatic nitrogens is 1. The number of carbonyl (C=O) groups excluding carboxylic acids is 1. The SMILES string of the molecule is O=C(Cc1cccc(F)c1Br)c1cncs1. The number of nitrogens with zero attached hydrogens (tertiary/aromatic N) is 1. The van der Waals surface area contributed by atoms with Gasteiger partial charge in [-0.2, -0.15) is 0 Å². The number of benzene rings is 1. The summed E-state index contributed by atoms with van der Waals surface area (Å²) in [6, 6.07) is 4.67. The molecule has 0 aliphatic carbocycles. The molecule has 0 atom stereocenters. The van der Waals surface area contributed by atoms with E-state index in [1.807, 2.05) is 0 Å². The van der Waals surface area contributed by atoms with E-state index in [0.717, 1.165) is 0 Å². The molecule has 0 saturated carbocycles. The highest BCUT2D eigenvalue weighted by atomic mass is 79.9. The van der Waals surface area contributed by atoms with E-state index in [2.05, 4.69) is 20.9 Å². The van der Waals surface area contributed by atoms with Crippen molar-refractivity contribution in [1.82, 2.24) is 4.98 Å². The van der Waals surface area contributed by atoms with E-state index in [1.54, 1.807) is 17.6 Å². The molecule has 0 amide bonds. The fourth-order valence-electron chi connectivity index (χ4n) is 1.30. The minimum Gasteiger partial charge on any atom is -0.293 e. The number of hydrogen-bond acceptors (Lipinski definition) is 3. The molecule has 0 aliphatic heterocycles. The van der Waals surface area contributed by atoms with Gasteiger partial charge >= 0.3 is 0 Å². The van der Waals surface area contributed by atoms with Crippen LogP contribution in [0.3, 0.4) is 0 Å². The molecule has 0 aliphatic rings. The molecule has 2 rings (SSSR count). The average molecular weight is 300 g/mol. The Morgan fingerprint density at radius 3 is 3.00 bits per heavy atom. The van der Waals surface area contributed by atoms with Crippen molar-refractivity contribution in [1.29, 1.82) is 0 Å². The molecule has 1 aromatic heterocycles. The molecule has 1 heterocycles. The molecular formula is C11H7BrFNOS. The third kappa shape index (κ3) is 2.36. The van der Waals surface area contributed by atoms with Crippen LogP contribution in [0, 0.1) is 5.82 Å². The van der Waals surface area contributed by atoms with Gasteiger partial charge in [0, 0.05) is 12.6 Å². The molecule has 2 aromatic rings. The summed E-state index contributed by atoms with van der Waals surface area (Å²) in [5.41, 5.74) is 2.26. The second-order valence-electron chi connectivity index (χ2n) is 3.18. The second kappa shape index (κ2) is 4.84. The van der Waals surface area contributed by atoms with Crippen molar-refractivity contribution in [3.05, 3.63) is 50.6 Å². The van der Waals surface area contributed by atoms with Crippen LogP contribution < -0.4 is 0 Å². The topological polar surface area (TPSA) is 30.0 Å². The van der Waals surface area contributed by atoms with Crippen LogP contribution in [0.4, 0.5) is 4.39 Å². The van der Waals surface area contributed by atoms with Crippen LogP contribution in [-0.2, 0) is 6.42 Å². The Morgan fingerprint density at radius 2 is 2.31 bits per heavy atom. The van der Waals surface area contributed by atoms with Gasteiger partial charge in [0.15, 0.2) is 5.78 Å². The standard InChI is InChI=1S/C11H7BrFNOS/c12-11-7(2-1-3-8(11)13)4-9(15)10-5-14-6-16-10/h1-3,5-6H,4H2. The Kier molecular flexibility index (Phi) is 3.46. The van der Waals surface area contributed by atoms with Crippen LogP contribution in [0.15, 0.2) is 34.4 Å². The summed E-state index contributed by atoms with van der Waals surface area (Å²) in [4.78, 5) is 16.2. The Hall–Kier alpha value is -1.07. The number of halogens is 2. The van der Waals surface area contributed by atoms with E-state index in [9.17, 15) is 9.18 Å². The maximum absolute atomic E-state index is 13.2. The summed E-state index contributed by atoms with van der Waals surface area (Å²) in [5.74, 6) is -0.400. The van der Waals surface area contributed by atoms with E-state index in [0.29, 0.717) is 14.9 Å². The number of ketones is 1. The summed E-state index contributed by atoms with van der Waals surface area (Å²) in [5, 5.41) is 0. The van der Waals surface area contributed by atoms with Crippen LogP contribution in [0.2, 0.25) is 0 Å². The number of Topliss-reactive ketones (excluding diaryl/α,β-unsaturated/α-hetero) is 1. The van der Waals surface area contributed by atoms with Gasteiger partial charge in [0.2, 0.25) is 0 Å². The van der Waals surface area contributed by atoms with E-state index in [1.165, 1.54) is 23.6 Å². The number of carbonyl (C=O) groups is 1. The summed E-state index contributed by atoms with van der Waals surface area (Å²) in [6.07, 6.45) is 1.71. The average Bonchev–Trinajstić information content (AvgIpc) is 2.78. The largest absolute Gasteiger partial charge is 0.293 e. The first kappa shape index (κ1) is 11.4. The summed E-state index contributed by atoms with van der Waals surface area (Å²) in [6.45, 7) is 0. The lowest BCUT2D eigenvalue weighted by Gasteiger charge is -2.03. The lowest BCUT2D eigenvalue weighted by Crippen LogP contribution is -2.02. The summed E-state index contributed by atoms with van der Waals surface area (Å²) < 4.78 is 13.6. The normalized spacial score (nSPS) is 10.4. The molecule has 1 aromatic carbocycles. The second-order valence-corrected chi connectivity index (χ2v) is 4.86. The quantitative estimate of drug-likeness (QED) is 0.812. The Labute approximate surface area is 104 Å². The van der Waals surface area contributed by atoms with E-state index < -0.39 is 0 Å². The highest BCUT2D eigenvalue weighted by molar-refractivity contribution is 9.10. The van der Waals surface area contributed by atoms with Gasteiger partial charge in [0.1, 0.15) is 5.82 Å². The minimum atomic E-state index is -0.352. The Morgan fingerprint density at radius 1 is 1.50 bits per heavy atom. The molecule has 0 unspecified atom stereocenters. The highest BCUT2D eigenvalue weighted by Crippen LogP contribution is 2.22. The van der Waals surface area contributed by atoms with Gasteiger partial charge in [0.05, 0.1) is 14.9 Å². The maximum Gasteiger partial charge on any atom is 0.178 e. The van der Waals surface area contributed by atoms with E-state index >= 15 is 0 Å². The molecule has 82 valence electrons. The molecule has 0 saturated heterocycles. The first-order valence-electron chi connectivity index (χ1n) is 4.53. The van der Waals surface area contributed by atoms with Crippen LogP contribution in [0.5, 0.6) is 0 Å². The minimum absolute atomic E-state index is 0.0474. The van der Waals surface area contributed by atoms with Gasteiger partial charge in [-0.3, -0.25) is 9.78 Å². The fraction of sp³-hybridized carbons (Fsp3) is 0.0909. The first-order valence-corrected chi connectivity index (χ1v) is 6.20. The molecule has 2 nitrogen and oxygen atoms in total. The molecular weight excluding hydrogens is 293 g/mol. The van der Waals surface area contributed by atoms with Crippen molar-refractivity contribution in [2.24, 2.45) is 0 Å². The monoisotopic (exact) mass is 299 g/mol. The third-order valence-corrected chi connectivity index (χ3v) is 3.79. The van der Waals surface area contributed by atoms with Gasteiger partial charge in [-0.1, -0.05) is 12.1 Å². The van der Waals surface area contributed by atoms with Crippen molar-refractivity contribution in [3.63, 3.8) is 0 Å². The molecule has 0 spiro atoms. The summed E-state index contributed by atoms with van der Waals surface area (Å²) >= 11 is 4.42. The summed E-state index contributed by atoms with van der Waals surface area (Å²) in [7, 11) is 0. The lowest BCUT2D eigenvalue weighted by atomic mass is 10.1. The Bertz CT molecular complexity index is 513. The van der Waals surface area contributed by atoms with Gasteiger partial charge in [-0.15, -0.1) is 11.3 Å². The highest BCUT2D eigenvalue weighted by Gasteiger charge is 2.12. The zero-order valence-electron chi connectivity index (χ0n) is 8.11. The Balaban J connectivity index is 2.22. The predicted octanol–water partition coefficient (Wildman–Crippen LogP) is 3.47. The predicted molar refractivity (Wildman–Crippen MR) is 64.2 cm³/mol. The molecule has 16 heavy (non-hydrogen) atoms. The van der Waals surface area contributed by atoms with Crippen molar-refractivity contribution in [2.75, 3.05) is 0 Å².